The third-order valence-electron chi connectivity index (χ3n) is 10.9. The largest absolute Gasteiger partial charge is 0.435 e. The summed E-state index contributed by atoms with van der Waals surface area (Å²) in [4.78, 5) is 11.9. The first-order chi connectivity index (χ1) is 16.4. The lowest BCUT2D eigenvalue weighted by Crippen LogP contribution is -2.54. The van der Waals surface area contributed by atoms with Crippen molar-refractivity contribution in [1.29, 1.82) is 0 Å². The monoisotopic (exact) mass is 466 g/mol. The van der Waals surface area contributed by atoms with Gasteiger partial charge in [-0.2, -0.15) is 0 Å². The van der Waals surface area contributed by atoms with E-state index >= 15 is 0 Å². The van der Waals surface area contributed by atoms with Gasteiger partial charge in [-0.05, 0) is 113 Å². The lowest BCUT2D eigenvalue weighted by Gasteiger charge is -2.57. The van der Waals surface area contributed by atoms with Gasteiger partial charge in [-0.1, -0.05) is 30.3 Å². The van der Waals surface area contributed by atoms with Crippen LogP contribution in [0.4, 0.5) is 0 Å². The van der Waals surface area contributed by atoms with Gasteiger partial charge in [0.1, 0.15) is 0 Å². The highest BCUT2D eigenvalue weighted by Crippen LogP contribution is 2.69. The Labute approximate surface area is 205 Å². The predicted molar refractivity (Wildman–Crippen MR) is 131 cm³/mol. The Hall–Kier alpha value is -1.39. The number of hydrogen-bond acceptors (Lipinski definition) is 4. The lowest BCUT2D eigenvalue weighted by atomic mass is 9.48. The topological polar surface area (TPSA) is 44.8 Å². The van der Waals surface area contributed by atoms with Gasteiger partial charge in [0.2, 0.25) is 6.29 Å². The molecule has 4 heteroatoms. The predicted octanol–water partition coefficient (Wildman–Crippen LogP) is 6.52. The minimum atomic E-state index is -0.322. The number of benzene rings is 1. The number of hydrogen-bond donors (Lipinski definition) is 0. The molecule has 4 nitrogen and oxygen atoms in total. The van der Waals surface area contributed by atoms with E-state index in [0.29, 0.717) is 11.8 Å². The summed E-state index contributed by atoms with van der Waals surface area (Å²) in [6.07, 6.45) is 11.3. The molecular weight excluding hydrogens is 424 g/mol. The fraction of sp³-hybridized carbons (Fsp3) is 0.767. The van der Waals surface area contributed by atoms with E-state index in [2.05, 4.69) is 44.2 Å². The van der Waals surface area contributed by atoms with Gasteiger partial charge in [0.25, 0.3) is 0 Å². The highest BCUT2D eigenvalue weighted by molar-refractivity contribution is 5.66. The molecule has 4 aliphatic carbocycles. The molecule has 1 aromatic carbocycles. The Balaban J connectivity index is 1.16. The van der Waals surface area contributed by atoms with Gasteiger partial charge in [0, 0.05) is 12.3 Å². The summed E-state index contributed by atoms with van der Waals surface area (Å²) >= 11 is 0. The van der Waals surface area contributed by atoms with E-state index in [1.165, 1.54) is 70.3 Å². The van der Waals surface area contributed by atoms with Crippen molar-refractivity contribution in [2.75, 3.05) is 0 Å². The van der Waals surface area contributed by atoms with E-state index in [1.54, 1.807) is 0 Å². The summed E-state index contributed by atoms with van der Waals surface area (Å²) in [5.74, 6) is 4.28. The first-order valence-electron chi connectivity index (χ1n) is 13.9. The molecule has 1 heterocycles. The van der Waals surface area contributed by atoms with Crippen molar-refractivity contribution in [2.24, 2.45) is 40.9 Å². The molecule has 6 rings (SSSR count). The molecule has 0 bridgehead atoms. The van der Waals surface area contributed by atoms with Gasteiger partial charge in [0.05, 0.1) is 18.3 Å². The van der Waals surface area contributed by atoms with E-state index in [-0.39, 0.29) is 29.4 Å². The number of ether oxygens (including phenoxy) is 3. The van der Waals surface area contributed by atoms with E-state index < -0.39 is 0 Å². The molecule has 0 N–H and O–H groups in total. The maximum atomic E-state index is 11.9. The van der Waals surface area contributed by atoms with Crippen molar-refractivity contribution >= 4 is 5.97 Å². The highest BCUT2D eigenvalue weighted by atomic mass is 16.7. The number of rotatable bonds is 4. The van der Waals surface area contributed by atoms with Crippen LogP contribution in [0, 0.1) is 40.9 Å². The van der Waals surface area contributed by atoms with Gasteiger partial charge in [-0.25, -0.2) is 0 Å². The Bertz CT molecular complexity index is 900. The molecule has 1 saturated heterocycles. The fourth-order valence-corrected chi connectivity index (χ4v) is 9.64. The molecule has 186 valence electrons. The number of esters is 1. The van der Waals surface area contributed by atoms with Crippen LogP contribution in [0.1, 0.15) is 84.1 Å². The molecule has 0 amide bonds. The third kappa shape index (κ3) is 3.66. The maximum absolute atomic E-state index is 11.9. The van der Waals surface area contributed by atoms with Crippen molar-refractivity contribution in [3.05, 3.63) is 35.9 Å². The Morgan fingerprint density at radius 3 is 2.53 bits per heavy atom. The summed E-state index contributed by atoms with van der Waals surface area (Å²) in [5.41, 5.74) is 1.35. The van der Waals surface area contributed by atoms with Crippen LogP contribution in [0.3, 0.4) is 0 Å². The molecule has 5 aliphatic rings. The first-order valence-corrected chi connectivity index (χ1v) is 13.9. The number of carbonyl (C=O) groups is 1. The van der Waals surface area contributed by atoms with Gasteiger partial charge >= 0.3 is 5.97 Å². The zero-order valence-corrected chi connectivity index (χ0v) is 21.2. The number of fused-ring (bicyclic) bond motifs is 4. The standard InChI is InChI=1S/C30H42O4/c1-19-26-11-12-27-25-10-9-22-17-29(3,32-18-21-7-5-4-6-8-21)15-13-23(22)24(25)14-16-30(26,27)28(33-19)34-20(2)31/h4-8,19,22-28H,9-18H2,1-3H3/t19?,22-,23+,24-,25-,26-,27+,28?,29-,30+/m1/s1. The highest BCUT2D eigenvalue weighted by Gasteiger charge is 2.68. The van der Waals surface area contributed by atoms with E-state index in [0.717, 1.165) is 30.3 Å². The maximum Gasteiger partial charge on any atom is 0.304 e. The summed E-state index contributed by atoms with van der Waals surface area (Å²) in [6.45, 7) is 6.83. The quantitative estimate of drug-likeness (QED) is 0.474. The van der Waals surface area contributed by atoms with Crippen molar-refractivity contribution in [2.45, 2.75) is 103 Å². The SMILES string of the molecule is CC(=O)OC1OC(C)[C@H]2CC[C@H]3[C@@H]4CC[C@@H]5C[C@](C)(OCc6ccccc6)CC[C@@H]5[C@H]4CC[C@]123. The van der Waals surface area contributed by atoms with Crippen molar-refractivity contribution in [3.8, 4) is 0 Å². The first kappa shape index (κ1) is 23.0. The molecule has 1 aliphatic heterocycles. The second kappa shape index (κ2) is 8.62. The van der Waals surface area contributed by atoms with E-state index in [9.17, 15) is 4.79 Å². The van der Waals surface area contributed by atoms with Crippen LogP contribution in [-0.4, -0.2) is 24.0 Å². The van der Waals surface area contributed by atoms with Crippen LogP contribution in [-0.2, 0) is 25.6 Å². The Morgan fingerprint density at radius 2 is 1.74 bits per heavy atom. The smallest absolute Gasteiger partial charge is 0.304 e. The normalized spacial score (nSPS) is 47.3. The summed E-state index contributed by atoms with van der Waals surface area (Å²) < 4.78 is 18.7. The van der Waals surface area contributed by atoms with Crippen LogP contribution < -0.4 is 0 Å². The van der Waals surface area contributed by atoms with Gasteiger partial charge in [-0.3, -0.25) is 4.79 Å². The molecule has 1 spiro atoms. The molecule has 4 saturated carbocycles. The van der Waals surface area contributed by atoms with Gasteiger partial charge in [-0.15, -0.1) is 0 Å². The van der Waals surface area contributed by atoms with Crippen LogP contribution in [0.25, 0.3) is 0 Å². The van der Waals surface area contributed by atoms with Crippen molar-refractivity contribution < 1.29 is 19.0 Å². The molecule has 10 atom stereocenters. The molecule has 34 heavy (non-hydrogen) atoms. The lowest BCUT2D eigenvalue weighted by molar-refractivity contribution is -0.211. The van der Waals surface area contributed by atoms with Crippen LogP contribution in [0.15, 0.2) is 30.3 Å². The average Bonchev–Trinajstić information content (AvgIpc) is 3.34. The second-order valence-corrected chi connectivity index (χ2v) is 12.5. The van der Waals surface area contributed by atoms with Crippen molar-refractivity contribution in [1.82, 2.24) is 0 Å². The minimum absolute atomic E-state index is 0.00728. The van der Waals surface area contributed by atoms with Gasteiger partial charge in [0.15, 0.2) is 0 Å². The molecule has 5 fully saturated rings. The van der Waals surface area contributed by atoms with Crippen LogP contribution in [0.5, 0.6) is 0 Å². The summed E-state index contributed by atoms with van der Waals surface area (Å²) in [6, 6.07) is 10.6. The molecule has 1 aromatic rings. The molecule has 0 aromatic heterocycles. The molecular formula is C30H42O4. The van der Waals surface area contributed by atoms with Crippen LogP contribution in [0.2, 0.25) is 0 Å². The average molecular weight is 467 g/mol. The summed E-state index contributed by atoms with van der Waals surface area (Å²) in [7, 11) is 0. The Kier molecular flexibility index (Phi) is 5.84. The second-order valence-electron chi connectivity index (χ2n) is 12.5. The fourth-order valence-electron chi connectivity index (χ4n) is 9.64. The third-order valence-corrected chi connectivity index (χ3v) is 10.9. The van der Waals surface area contributed by atoms with E-state index in [4.69, 9.17) is 14.2 Å². The zero-order valence-electron chi connectivity index (χ0n) is 21.2. The van der Waals surface area contributed by atoms with E-state index in [1.807, 2.05) is 0 Å². The Morgan fingerprint density at radius 1 is 0.971 bits per heavy atom. The van der Waals surface area contributed by atoms with Gasteiger partial charge < -0.3 is 14.2 Å². The number of carbonyl (C=O) groups excluding carboxylic acids is 1. The molecule has 0 radical (unpaired) electrons. The van der Waals surface area contributed by atoms with Crippen LogP contribution >= 0.6 is 0 Å². The summed E-state index contributed by atoms with van der Waals surface area (Å²) in [5, 5.41) is 0. The zero-order chi connectivity index (χ0) is 23.5. The van der Waals surface area contributed by atoms with Crippen molar-refractivity contribution in [3.63, 3.8) is 0 Å². The minimum Gasteiger partial charge on any atom is -0.435 e. The molecule has 2 unspecified atom stereocenters.